The minimum atomic E-state index is -0.662. The molecular weight excluding hydrogens is 370 g/mol. The summed E-state index contributed by atoms with van der Waals surface area (Å²) in [6.07, 6.45) is 4.78. The molecule has 0 radical (unpaired) electrons. The van der Waals surface area contributed by atoms with Crippen LogP contribution in [-0.4, -0.2) is 82.1 Å². The van der Waals surface area contributed by atoms with Gasteiger partial charge >= 0.3 is 0 Å². The lowest BCUT2D eigenvalue weighted by Crippen LogP contribution is -2.82. The number of aliphatic hydroxyl groups is 1. The zero-order valence-corrected chi connectivity index (χ0v) is 16.9. The maximum absolute atomic E-state index is 13.6. The van der Waals surface area contributed by atoms with E-state index < -0.39 is 17.7 Å². The predicted octanol–water partition coefficient (Wildman–Crippen LogP) is 0.996. The molecule has 3 heterocycles. The number of hydrogen-bond donors (Lipinski definition) is 1. The Morgan fingerprint density at radius 3 is 2.48 bits per heavy atom. The van der Waals surface area contributed by atoms with Crippen molar-refractivity contribution < 1.29 is 19.4 Å². The van der Waals surface area contributed by atoms with Crippen LogP contribution in [-0.2, 0) is 16.1 Å². The number of rotatable bonds is 4. The maximum Gasteiger partial charge on any atom is 0.252 e. The van der Waals surface area contributed by atoms with E-state index in [2.05, 4.69) is 4.90 Å². The molecule has 1 aliphatic carbocycles. The first-order chi connectivity index (χ1) is 14.0. The Hall–Kier alpha value is -1.96. The number of hydrogen-bond acceptors (Lipinski definition) is 6. The summed E-state index contributed by atoms with van der Waals surface area (Å²) in [5.74, 6) is 0.475. The summed E-state index contributed by atoms with van der Waals surface area (Å²) >= 11 is 0. The minimum absolute atomic E-state index is 0.0992. The maximum atomic E-state index is 13.6. The topological polar surface area (TPSA) is 73.3 Å². The molecule has 3 saturated heterocycles. The Kier molecular flexibility index (Phi) is 4.64. The molecule has 5 rings (SSSR count). The molecule has 1 aromatic carbocycles. The fourth-order valence-electron chi connectivity index (χ4n) is 5.71. The highest BCUT2D eigenvalue weighted by Gasteiger charge is 2.64. The van der Waals surface area contributed by atoms with E-state index in [9.17, 15) is 14.7 Å². The van der Waals surface area contributed by atoms with Crippen LogP contribution in [0.3, 0.4) is 0 Å². The molecule has 29 heavy (non-hydrogen) atoms. The van der Waals surface area contributed by atoms with Gasteiger partial charge in [-0.1, -0.05) is 25.0 Å². The van der Waals surface area contributed by atoms with Crippen LogP contribution in [0.1, 0.15) is 37.7 Å². The number of likely N-dealkylation sites (tertiary alicyclic amines) is 1. The van der Waals surface area contributed by atoms with Gasteiger partial charge in [0.15, 0.2) is 0 Å². The van der Waals surface area contributed by atoms with Gasteiger partial charge in [0.2, 0.25) is 5.91 Å². The smallest absolute Gasteiger partial charge is 0.252 e. The number of amides is 2. The van der Waals surface area contributed by atoms with Gasteiger partial charge in [-0.3, -0.25) is 24.3 Å². The van der Waals surface area contributed by atoms with Crippen molar-refractivity contribution in [1.82, 2.24) is 14.7 Å². The number of ether oxygens (including phenoxy) is 1. The summed E-state index contributed by atoms with van der Waals surface area (Å²) in [5, 5.41) is 10.3. The summed E-state index contributed by atoms with van der Waals surface area (Å²) in [4.78, 5) is 32.6. The number of imide groups is 1. The molecular formula is C22H29N3O4. The van der Waals surface area contributed by atoms with Gasteiger partial charge < -0.3 is 9.84 Å². The fourth-order valence-corrected chi connectivity index (χ4v) is 5.71. The minimum Gasteiger partial charge on any atom is -0.497 e. The largest absolute Gasteiger partial charge is 0.497 e. The Balaban J connectivity index is 1.40. The van der Waals surface area contributed by atoms with Crippen LogP contribution < -0.4 is 4.74 Å². The lowest BCUT2D eigenvalue weighted by molar-refractivity contribution is -0.183. The highest BCUT2D eigenvalue weighted by Crippen LogP contribution is 2.43. The molecule has 156 valence electrons. The van der Waals surface area contributed by atoms with Crippen molar-refractivity contribution in [3.8, 4) is 5.75 Å². The number of benzene rings is 1. The van der Waals surface area contributed by atoms with Crippen LogP contribution in [0, 0.1) is 0 Å². The van der Waals surface area contributed by atoms with Crippen molar-refractivity contribution in [3.05, 3.63) is 29.8 Å². The summed E-state index contributed by atoms with van der Waals surface area (Å²) < 4.78 is 5.20. The second kappa shape index (κ2) is 7.07. The molecule has 4 aliphatic rings. The number of piperazine rings is 1. The SMILES string of the molecule is COc1ccc(CN2C(=O)[C@@H]3C[C@@H](O)CN3C3(CN(C4CCCC4)C3)C2=O)cc1. The first kappa shape index (κ1) is 19.0. The van der Waals surface area contributed by atoms with Crippen LogP contribution in [0.2, 0.25) is 0 Å². The molecule has 2 atom stereocenters. The van der Waals surface area contributed by atoms with Gasteiger partial charge in [-0.05, 0) is 37.0 Å². The Labute approximate surface area is 171 Å². The van der Waals surface area contributed by atoms with Gasteiger partial charge in [0.05, 0.1) is 25.8 Å². The summed E-state index contributed by atoms with van der Waals surface area (Å²) in [6.45, 7) is 2.03. The van der Waals surface area contributed by atoms with E-state index in [1.54, 1.807) is 7.11 Å². The van der Waals surface area contributed by atoms with Crippen molar-refractivity contribution in [2.75, 3.05) is 26.7 Å². The third-order valence-corrected chi connectivity index (χ3v) is 7.29. The molecule has 1 spiro atoms. The highest BCUT2D eigenvalue weighted by molar-refractivity contribution is 6.06. The lowest BCUT2D eigenvalue weighted by atomic mass is 9.81. The van der Waals surface area contributed by atoms with Crippen LogP contribution in [0.4, 0.5) is 0 Å². The summed E-state index contributed by atoms with van der Waals surface area (Å²) in [7, 11) is 1.61. The molecule has 1 saturated carbocycles. The molecule has 7 nitrogen and oxygen atoms in total. The van der Waals surface area contributed by atoms with Gasteiger partial charge in [0.25, 0.3) is 5.91 Å². The Morgan fingerprint density at radius 2 is 1.83 bits per heavy atom. The van der Waals surface area contributed by atoms with Gasteiger partial charge in [0, 0.05) is 25.7 Å². The normalized spacial score (nSPS) is 30.1. The van der Waals surface area contributed by atoms with Gasteiger partial charge in [-0.25, -0.2) is 0 Å². The van der Waals surface area contributed by atoms with Crippen molar-refractivity contribution in [3.63, 3.8) is 0 Å². The Morgan fingerprint density at radius 1 is 1.14 bits per heavy atom. The van der Waals surface area contributed by atoms with Crippen molar-refractivity contribution in [1.29, 1.82) is 0 Å². The molecule has 1 aromatic rings. The molecule has 0 bridgehead atoms. The first-order valence-corrected chi connectivity index (χ1v) is 10.7. The third kappa shape index (κ3) is 2.98. The van der Waals surface area contributed by atoms with E-state index in [0.29, 0.717) is 32.1 Å². The van der Waals surface area contributed by atoms with E-state index in [-0.39, 0.29) is 18.4 Å². The number of fused-ring (bicyclic) bond motifs is 2. The number of β-amino-alcohol motifs (C(OH)–C–C–N with tert-alkyl or cyclic N) is 1. The predicted molar refractivity (Wildman–Crippen MR) is 106 cm³/mol. The van der Waals surface area contributed by atoms with Crippen molar-refractivity contribution >= 4 is 11.8 Å². The molecule has 0 unspecified atom stereocenters. The standard InChI is InChI=1S/C22H29N3O4/c1-29-18-8-6-15(7-9-18)11-24-20(27)19-10-17(26)12-25(19)22(21(24)28)13-23(14-22)16-4-2-3-5-16/h6-9,16-17,19,26H,2-5,10-14H2,1H3/t17-,19+/m1/s1. The molecule has 4 fully saturated rings. The third-order valence-electron chi connectivity index (χ3n) is 7.29. The number of aliphatic hydroxyl groups excluding tert-OH is 1. The van der Waals surface area contributed by atoms with Gasteiger partial charge in [0.1, 0.15) is 11.3 Å². The van der Waals surface area contributed by atoms with Crippen LogP contribution in [0.25, 0.3) is 0 Å². The van der Waals surface area contributed by atoms with E-state index >= 15 is 0 Å². The van der Waals surface area contributed by atoms with E-state index in [4.69, 9.17) is 4.74 Å². The number of nitrogens with zero attached hydrogens (tertiary/aromatic N) is 3. The van der Waals surface area contributed by atoms with Crippen LogP contribution in [0.5, 0.6) is 5.75 Å². The summed E-state index contributed by atoms with van der Waals surface area (Å²) in [5.41, 5.74) is 0.243. The quantitative estimate of drug-likeness (QED) is 0.762. The van der Waals surface area contributed by atoms with Crippen LogP contribution in [0.15, 0.2) is 24.3 Å². The molecule has 2 amide bonds. The second-order valence-electron chi connectivity index (χ2n) is 9.01. The van der Waals surface area contributed by atoms with Gasteiger partial charge in [-0.15, -0.1) is 0 Å². The Bertz CT molecular complexity index is 799. The summed E-state index contributed by atoms with van der Waals surface area (Å²) in [6, 6.07) is 7.65. The van der Waals surface area contributed by atoms with Crippen molar-refractivity contribution in [2.24, 2.45) is 0 Å². The van der Waals surface area contributed by atoms with Gasteiger partial charge in [-0.2, -0.15) is 0 Å². The fraction of sp³-hybridized carbons (Fsp3) is 0.636. The average Bonchev–Trinajstić information content (AvgIpc) is 3.35. The first-order valence-electron chi connectivity index (χ1n) is 10.7. The number of carbonyl (C=O) groups is 2. The highest BCUT2D eigenvalue weighted by atomic mass is 16.5. The zero-order valence-electron chi connectivity index (χ0n) is 16.9. The molecule has 7 heteroatoms. The number of carbonyl (C=O) groups excluding carboxylic acids is 2. The van der Waals surface area contributed by atoms with E-state index in [1.807, 2.05) is 29.2 Å². The molecule has 3 aliphatic heterocycles. The van der Waals surface area contributed by atoms with E-state index in [1.165, 1.54) is 30.6 Å². The number of methoxy groups -OCH3 is 1. The van der Waals surface area contributed by atoms with E-state index in [0.717, 1.165) is 11.3 Å². The second-order valence-corrected chi connectivity index (χ2v) is 9.01. The molecule has 0 aromatic heterocycles. The lowest BCUT2D eigenvalue weighted by Gasteiger charge is -2.60. The van der Waals surface area contributed by atoms with Crippen LogP contribution >= 0.6 is 0 Å². The zero-order chi connectivity index (χ0) is 20.2. The van der Waals surface area contributed by atoms with Crippen molar-refractivity contribution in [2.45, 2.75) is 62.4 Å². The average molecular weight is 399 g/mol. The monoisotopic (exact) mass is 399 g/mol. The molecule has 1 N–H and O–H groups in total.